The van der Waals surface area contributed by atoms with Crippen LogP contribution in [0.1, 0.15) is 29.9 Å². The number of furan rings is 1. The molecule has 0 unspecified atom stereocenters. The third-order valence-corrected chi connectivity index (χ3v) is 6.10. The lowest BCUT2D eigenvalue weighted by Crippen LogP contribution is -2.30. The molecule has 0 spiro atoms. The van der Waals surface area contributed by atoms with Crippen molar-refractivity contribution in [1.29, 1.82) is 0 Å². The maximum atomic E-state index is 12.2. The van der Waals surface area contributed by atoms with Gasteiger partial charge in [-0.1, -0.05) is 6.07 Å². The minimum absolute atomic E-state index is 0.0281. The molecule has 0 saturated carbocycles. The number of carbonyl (C=O) groups is 2. The van der Waals surface area contributed by atoms with Gasteiger partial charge in [0.2, 0.25) is 6.10 Å². The Labute approximate surface area is 240 Å². The van der Waals surface area contributed by atoms with Gasteiger partial charge in [0, 0.05) is 12.1 Å². The minimum Gasteiger partial charge on any atom is -0.493 e. The maximum absolute atomic E-state index is 12.2. The average Bonchev–Trinajstić information content (AvgIpc) is 3.65. The first-order chi connectivity index (χ1) is 20.3. The van der Waals surface area contributed by atoms with E-state index in [0.717, 1.165) is 5.56 Å². The number of ether oxygens (including phenoxy) is 5. The molecule has 13 heteroatoms. The van der Waals surface area contributed by atoms with E-state index in [2.05, 4.69) is 4.98 Å². The first-order valence-corrected chi connectivity index (χ1v) is 12.8. The van der Waals surface area contributed by atoms with Crippen LogP contribution >= 0.6 is 0 Å². The van der Waals surface area contributed by atoms with E-state index >= 15 is 0 Å². The fraction of sp³-hybridized carbons (Fsp3) is 0.276. The second kappa shape index (κ2) is 13.8. The van der Waals surface area contributed by atoms with Crippen molar-refractivity contribution >= 4 is 17.8 Å². The van der Waals surface area contributed by atoms with Gasteiger partial charge in [-0.25, -0.2) is 14.6 Å². The van der Waals surface area contributed by atoms with Crippen molar-refractivity contribution in [2.45, 2.75) is 38.9 Å². The summed E-state index contributed by atoms with van der Waals surface area (Å²) in [5.41, 5.74) is 1.35. The number of nitrogens with zero attached hydrogens (tertiary/aromatic N) is 2. The summed E-state index contributed by atoms with van der Waals surface area (Å²) in [6, 6.07) is 13.8. The predicted molar refractivity (Wildman–Crippen MR) is 145 cm³/mol. The number of aromatic nitrogens is 1. The van der Waals surface area contributed by atoms with Crippen LogP contribution in [0.2, 0.25) is 0 Å². The molecule has 2 aromatic heterocycles. The van der Waals surface area contributed by atoms with Gasteiger partial charge in [0.25, 0.3) is 11.6 Å². The highest BCUT2D eigenvalue weighted by atomic mass is 16.7. The van der Waals surface area contributed by atoms with Crippen LogP contribution in [0.15, 0.2) is 69.7 Å². The third kappa shape index (κ3) is 7.65. The van der Waals surface area contributed by atoms with E-state index in [4.69, 9.17) is 32.5 Å². The van der Waals surface area contributed by atoms with Gasteiger partial charge in [0.15, 0.2) is 17.3 Å². The molecule has 0 radical (unpaired) electrons. The van der Waals surface area contributed by atoms with Crippen LogP contribution in [0.4, 0.5) is 10.5 Å². The number of nitro groups is 1. The number of rotatable bonds is 13. The van der Waals surface area contributed by atoms with Crippen LogP contribution in [-0.2, 0) is 27.3 Å². The standard InChI is InChI=1S/C29H28N2O11/c1-18-22(30-27(40-18)24-8-5-15-38-24)17-39-23-14-9-19(16-26(23)36-2)6-4-7-25(28(32)37-3)42-29(33)41-21-12-10-20(11-13-21)31(34)35/h5,8-16,25H,4,6-7,17H2,1-3H3/t25-/m1/s1. The molecular weight excluding hydrogens is 552 g/mol. The summed E-state index contributed by atoms with van der Waals surface area (Å²) in [6.07, 6.45) is 0.342. The summed E-state index contributed by atoms with van der Waals surface area (Å²) in [5, 5.41) is 10.8. The normalized spacial score (nSPS) is 11.4. The Kier molecular flexibility index (Phi) is 9.77. The van der Waals surface area contributed by atoms with Crippen molar-refractivity contribution in [2.24, 2.45) is 0 Å². The van der Waals surface area contributed by atoms with Crippen molar-refractivity contribution in [3.8, 4) is 28.9 Å². The molecule has 0 fully saturated rings. The van der Waals surface area contributed by atoms with Gasteiger partial charge in [-0.15, -0.1) is 0 Å². The number of methoxy groups -OCH3 is 2. The first kappa shape index (κ1) is 29.6. The van der Waals surface area contributed by atoms with Crippen LogP contribution in [0, 0.1) is 17.0 Å². The molecule has 220 valence electrons. The van der Waals surface area contributed by atoms with Gasteiger partial charge < -0.3 is 32.5 Å². The molecule has 4 rings (SSSR count). The zero-order valence-corrected chi connectivity index (χ0v) is 23.1. The molecule has 4 aromatic rings. The molecule has 0 saturated heterocycles. The number of hydrogen-bond acceptors (Lipinski definition) is 12. The van der Waals surface area contributed by atoms with Crippen molar-refractivity contribution in [1.82, 2.24) is 4.98 Å². The Bertz CT molecular complexity index is 1510. The molecule has 0 amide bonds. The van der Waals surface area contributed by atoms with Gasteiger partial charge in [0.05, 0.1) is 25.4 Å². The molecule has 0 aliphatic rings. The number of nitro benzene ring substituents is 1. The topological polar surface area (TPSA) is 163 Å². The molecule has 0 N–H and O–H groups in total. The molecule has 13 nitrogen and oxygen atoms in total. The summed E-state index contributed by atoms with van der Waals surface area (Å²) >= 11 is 0. The van der Waals surface area contributed by atoms with Crippen molar-refractivity contribution < 1.29 is 47.0 Å². The minimum atomic E-state index is -1.21. The van der Waals surface area contributed by atoms with Crippen molar-refractivity contribution in [2.75, 3.05) is 14.2 Å². The van der Waals surface area contributed by atoms with Crippen LogP contribution < -0.4 is 14.2 Å². The average molecular weight is 581 g/mol. The van der Waals surface area contributed by atoms with E-state index in [9.17, 15) is 19.7 Å². The number of carbonyl (C=O) groups excluding carboxylic acids is 2. The number of aryl methyl sites for hydroxylation is 2. The second-order valence-corrected chi connectivity index (χ2v) is 8.90. The number of hydrogen-bond donors (Lipinski definition) is 0. The Morgan fingerprint density at radius 2 is 1.86 bits per heavy atom. The molecule has 0 bridgehead atoms. The van der Waals surface area contributed by atoms with Crippen LogP contribution in [-0.4, -0.2) is 42.4 Å². The smallest absolute Gasteiger partial charge is 0.493 e. The highest BCUT2D eigenvalue weighted by molar-refractivity contribution is 5.77. The fourth-order valence-corrected chi connectivity index (χ4v) is 3.92. The Balaban J connectivity index is 1.31. The fourth-order valence-electron chi connectivity index (χ4n) is 3.92. The summed E-state index contributed by atoms with van der Waals surface area (Å²) < 4.78 is 37.4. The van der Waals surface area contributed by atoms with E-state index in [0.29, 0.717) is 47.4 Å². The number of benzene rings is 2. The Morgan fingerprint density at radius 1 is 1.07 bits per heavy atom. The van der Waals surface area contributed by atoms with E-state index in [1.807, 2.05) is 12.1 Å². The molecule has 1 atom stereocenters. The van der Waals surface area contributed by atoms with Gasteiger partial charge in [0.1, 0.15) is 23.8 Å². The summed E-state index contributed by atoms with van der Waals surface area (Å²) in [5.74, 6) is 1.80. The van der Waals surface area contributed by atoms with Gasteiger partial charge in [-0.3, -0.25) is 10.1 Å². The van der Waals surface area contributed by atoms with Crippen molar-refractivity contribution in [3.63, 3.8) is 0 Å². The number of non-ortho nitro benzene ring substituents is 1. The molecule has 0 aliphatic heterocycles. The Hall–Kier alpha value is -5.33. The number of oxazole rings is 1. The lowest BCUT2D eigenvalue weighted by atomic mass is 10.1. The molecule has 2 aromatic carbocycles. The zero-order chi connectivity index (χ0) is 30.1. The van der Waals surface area contributed by atoms with Gasteiger partial charge in [-0.05, 0) is 68.1 Å². The first-order valence-electron chi connectivity index (χ1n) is 12.8. The summed E-state index contributed by atoms with van der Waals surface area (Å²) in [4.78, 5) is 39.1. The zero-order valence-electron chi connectivity index (χ0n) is 23.1. The quantitative estimate of drug-likeness (QED) is 0.0807. The molecule has 2 heterocycles. The lowest BCUT2D eigenvalue weighted by Gasteiger charge is -2.16. The molecule has 42 heavy (non-hydrogen) atoms. The van der Waals surface area contributed by atoms with Crippen LogP contribution in [0.5, 0.6) is 17.2 Å². The van der Waals surface area contributed by atoms with Crippen LogP contribution in [0.3, 0.4) is 0 Å². The SMILES string of the molecule is COC(=O)[C@@H](CCCc1ccc(OCc2nc(-c3ccco3)oc2C)c(OC)c1)OC(=O)Oc1ccc([N+](=O)[O-])cc1. The van der Waals surface area contributed by atoms with Gasteiger partial charge >= 0.3 is 12.1 Å². The molecular formula is C29H28N2O11. The predicted octanol–water partition coefficient (Wildman–Crippen LogP) is 5.82. The largest absolute Gasteiger partial charge is 0.514 e. The van der Waals surface area contributed by atoms with E-state index in [1.54, 1.807) is 31.4 Å². The highest BCUT2D eigenvalue weighted by Crippen LogP contribution is 2.30. The van der Waals surface area contributed by atoms with Crippen molar-refractivity contribution in [3.05, 3.63) is 88.0 Å². The highest BCUT2D eigenvalue weighted by Gasteiger charge is 2.25. The lowest BCUT2D eigenvalue weighted by molar-refractivity contribution is -0.384. The second-order valence-electron chi connectivity index (χ2n) is 8.90. The van der Waals surface area contributed by atoms with Gasteiger partial charge in [-0.2, -0.15) is 0 Å². The summed E-state index contributed by atoms with van der Waals surface area (Å²) in [7, 11) is 2.71. The maximum Gasteiger partial charge on any atom is 0.514 e. The Morgan fingerprint density at radius 3 is 2.52 bits per heavy atom. The number of esters is 1. The van der Waals surface area contributed by atoms with E-state index in [1.165, 1.54) is 38.5 Å². The van der Waals surface area contributed by atoms with E-state index in [-0.39, 0.29) is 24.5 Å². The third-order valence-electron chi connectivity index (χ3n) is 6.10. The summed E-state index contributed by atoms with van der Waals surface area (Å²) in [6.45, 7) is 1.94. The van der Waals surface area contributed by atoms with E-state index < -0.39 is 23.2 Å². The monoisotopic (exact) mass is 580 g/mol. The van der Waals surface area contributed by atoms with Crippen LogP contribution in [0.25, 0.3) is 11.7 Å². The molecule has 0 aliphatic carbocycles.